The molecule has 5 nitrogen and oxygen atoms in total. The molecule has 1 saturated carbocycles. The molecule has 3 rings (SSSR count). The van der Waals surface area contributed by atoms with E-state index in [0.717, 1.165) is 55.7 Å². The molecule has 1 aliphatic carbocycles. The first-order valence-corrected chi connectivity index (χ1v) is 9.66. The maximum Gasteiger partial charge on any atom is 0.191 e. The second-order valence-corrected chi connectivity index (χ2v) is 7.65. The number of para-hydroxylation sites is 1. The van der Waals surface area contributed by atoms with E-state index in [4.69, 9.17) is 0 Å². The van der Waals surface area contributed by atoms with Gasteiger partial charge in [-0.1, -0.05) is 12.1 Å². The van der Waals surface area contributed by atoms with Crippen molar-refractivity contribution in [1.29, 1.82) is 0 Å². The number of hydrogen-bond acceptors (Lipinski definition) is 3. The minimum atomic E-state index is -0.570. The van der Waals surface area contributed by atoms with Crippen molar-refractivity contribution in [2.75, 3.05) is 31.1 Å². The Morgan fingerprint density at radius 3 is 2.80 bits per heavy atom. The molecule has 1 aliphatic heterocycles. The van der Waals surface area contributed by atoms with Crippen LogP contribution in [0.4, 0.5) is 5.69 Å². The molecule has 0 aromatic heterocycles. The quantitative estimate of drug-likeness (QED) is 0.316. The van der Waals surface area contributed by atoms with Crippen LogP contribution in [0.25, 0.3) is 0 Å². The van der Waals surface area contributed by atoms with Crippen LogP contribution in [0.5, 0.6) is 0 Å². The molecule has 3 N–H and O–H groups in total. The first-order chi connectivity index (χ1) is 11.6. The van der Waals surface area contributed by atoms with Crippen LogP contribution in [0.15, 0.2) is 33.7 Å². The second kappa shape index (κ2) is 9.41. The Morgan fingerprint density at radius 2 is 2.16 bits per heavy atom. The molecule has 1 aromatic rings. The Kier molecular flexibility index (Phi) is 7.82. The van der Waals surface area contributed by atoms with Crippen molar-refractivity contribution in [3.63, 3.8) is 0 Å². The van der Waals surface area contributed by atoms with Crippen molar-refractivity contribution in [2.24, 2.45) is 4.99 Å². The zero-order chi connectivity index (χ0) is 17.0. The van der Waals surface area contributed by atoms with E-state index in [2.05, 4.69) is 61.6 Å². The number of hydrogen-bond donors (Lipinski definition) is 3. The highest BCUT2D eigenvalue weighted by Gasteiger charge is 2.34. The SMILES string of the molecule is CCNC(=NCC1(O)CCC1)NC1CCN(c2ccccc2Br)C1.I. The number of aliphatic imine (C=N–C) groups is 1. The number of nitrogens with zero attached hydrogens (tertiary/aromatic N) is 2. The maximum atomic E-state index is 10.2. The number of aliphatic hydroxyl groups is 1. The topological polar surface area (TPSA) is 59.9 Å². The van der Waals surface area contributed by atoms with Gasteiger partial charge < -0.3 is 20.6 Å². The van der Waals surface area contributed by atoms with Crippen molar-refractivity contribution in [3.05, 3.63) is 28.7 Å². The summed E-state index contributed by atoms with van der Waals surface area (Å²) in [6, 6.07) is 8.72. The van der Waals surface area contributed by atoms with E-state index >= 15 is 0 Å². The Hall–Kier alpha value is -0.540. The molecule has 2 aliphatic rings. The first kappa shape index (κ1) is 20.8. The molecule has 0 bridgehead atoms. The van der Waals surface area contributed by atoms with E-state index in [-0.39, 0.29) is 24.0 Å². The van der Waals surface area contributed by atoms with E-state index < -0.39 is 5.60 Å². The fourth-order valence-electron chi connectivity index (χ4n) is 3.29. The predicted octanol–water partition coefficient (Wildman–Crippen LogP) is 3.12. The van der Waals surface area contributed by atoms with Crippen LogP contribution in [0.3, 0.4) is 0 Å². The average Bonchev–Trinajstić information content (AvgIpc) is 3.00. The van der Waals surface area contributed by atoms with Gasteiger partial charge in [0, 0.05) is 30.1 Å². The summed E-state index contributed by atoms with van der Waals surface area (Å²) in [6.45, 7) is 5.37. The molecule has 25 heavy (non-hydrogen) atoms. The standard InChI is InChI=1S/C18H27BrN4O.HI/c1-2-20-17(21-13-18(24)9-5-10-18)22-14-8-11-23(12-14)16-7-4-3-6-15(16)19;/h3-4,6-7,14,24H,2,5,8-13H2,1H3,(H2,20,21,22);1H. The molecule has 0 spiro atoms. The van der Waals surface area contributed by atoms with E-state index in [0.29, 0.717) is 12.6 Å². The smallest absolute Gasteiger partial charge is 0.191 e. The minimum absolute atomic E-state index is 0. The van der Waals surface area contributed by atoms with Gasteiger partial charge in [0.05, 0.1) is 17.8 Å². The molecule has 1 heterocycles. The lowest BCUT2D eigenvalue weighted by Crippen LogP contribution is -2.46. The van der Waals surface area contributed by atoms with Gasteiger partial charge >= 0.3 is 0 Å². The average molecular weight is 523 g/mol. The van der Waals surface area contributed by atoms with Crippen molar-refractivity contribution >= 4 is 51.6 Å². The van der Waals surface area contributed by atoms with E-state index in [9.17, 15) is 5.11 Å². The van der Waals surface area contributed by atoms with Crippen LogP contribution in [0.1, 0.15) is 32.6 Å². The number of guanidine groups is 1. The molecule has 140 valence electrons. The van der Waals surface area contributed by atoms with Crippen molar-refractivity contribution < 1.29 is 5.11 Å². The summed E-state index contributed by atoms with van der Waals surface area (Å²) in [5, 5.41) is 17.1. The predicted molar refractivity (Wildman–Crippen MR) is 118 cm³/mol. The van der Waals surface area contributed by atoms with Gasteiger partial charge in [0.25, 0.3) is 0 Å². The normalized spacial score (nSPS) is 22.1. The fourth-order valence-corrected chi connectivity index (χ4v) is 3.82. The summed E-state index contributed by atoms with van der Waals surface area (Å²) in [5.74, 6) is 0.816. The van der Waals surface area contributed by atoms with Gasteiger partial charge in [-0.2, -0.15) is 0 Å². The highest BCUT2D eigenvalue weighted by molar-refractivity contribution is 14.0. The monoisotopic (exact) mass is 522 g/mol. The van der Waals surface area contributed by atoms with Crippen LogP contribution < -0.4 is 15.5 Å². The molecule has 2 fully saturated rings. The Labute approximate surface area is 175 Å². The number of benzene rings is 1. The molecule has 0 radical (unpaired) electrons. The van der Waals surface area contributed by atoms with Gasteiger partial charge in [-0.3, -0.25) is 4.99 Å². The van der Waals surface area contributed by atoms with Crippen molar-refractivity contribution in [2.45, 2.75) is 44.2 Å². The number of rotatable bonds is 5. The van der Waals surface area contributed by atoms with Gasteiger partial charge in [-0.05, 0) is 60.7 Å². The third-order valence-electron chi connectivity index (χ3n) is 4.88. The lowest BCUT2D eigenvalue weighted by atomic mass is 9.80. The Balaban J connectivity index is 0.00000225. The number of nitrogens with one attached hydrogen (secondary N) is 2. The van der Waals surface area contributed by atoms with Crippen molar-refractivity contribution in [3.8, 4) is 0 Å². The minimum Gasteiger partial charge on any atom is -0.388 e. The van der Waals surface area contributed by atoms with Crippen LogP contribution >= 0.6 is 39.9 Å². The lowest BCUT2D eigenvalue weighted by Gasteiger charge is -2.35. The zero-order valence-corrected chi connectivity index (χ0v) is 18.6. The summed E-state index contributed by atoms with van der Waals surface area (Å²) in [6.07, 6.45) is 3.93. The van der Waals surface area contributed by atoms with Gasteiger partial charge in [0.15, 0.2) is 5.96 Å². The van der Waals surface area contributed by atoms with Gasteiger partial charge in [0.1, 0.15) is 0 Å². The third-order valence-corrected chi connectivity index (χ3v) is 5.55. The van der Waals surface area contributed by atoms with Crippen molar-refractivity contribution in [1.82, 2.24) is 10.6 Å². The largest absolute Gasteiger partial charge is 0.388 e. The van der Waals surface area contributed by atoms with E-state index in [1.165, 1.54) is 5.69 Å². The number of anilines is 1. The van der Waals surface area contributed by atoms with Crippen LogP contribution in [-0.4, -0.2) is 48.9 Å². The summed E-state index contributed by atoms with van der Waals surface area (Å²) in [4.78, 5) is 7.00. The highest BCUT2D eigenvalue weighted by Crippen LogP contribution is 2.31. The zero-order valence-electron chi connectivity index (χ0n) is 14.7. The summed E-state index contributed by atoms with van der Waals surface area (Å²) < 4.78 is 1.14. The van der Waals surface area contributed by atoms with E-state index in [1.54, 1.807) is 0 Å². The molecule has 7 heteroatoms. The molecule has 1 saturated heterocycles. The summed E-state index contributed by atoms with van der Waals surface area (Å²) in [7, 11) is 0. The molecule has 1 unspecified atom stereocenters. The third kappa shape index (κ3) is 5.47. The molecule has 1 atom stereocenters. The Morgan fingerprint density at radius 1 is 1.40 bits per heavy atom. The Bertz CT molecular complexity index is 594. The molecule has 0 amide bonds. The van der Waals surface area contributed by atoms with E-state index in [1.807, 2.05) is 6.07 Å². The summed E-state index contributed by atoms with van der Waals surface area (Å²) >= 11 is 3.64. The fraction of sp³-hybridized carbons (Fsp3) is 0.611. The molecule has 1 aromatic carbocycles. The lowest BCUT2D eigenvalue weighted by molar-refractivity contribution is -0.0236. The number of halogens is 2. The second-order valence-electron chi connectivity index (χ2n) is 6.80. The van der Waals surface area contributed by atoms with Gasteiger partial charge in [-0.15, -0.1) is 24.0 Å². The summed E-state index contributed by atoms with van der Waals surface area (Å²) in [5.41, 5.74) is 0.673. The van der Waals surface area contributed by atoms with Crippen LogP contribution in [-0.2, 0) is 0 Å². The maximum absolute atomic E-state index is 10.2. The highest BCUT2D eigenvalue weighted by atomic mass is 127. The molecular weight excluding hydrogens is 495 g/mol. The first-order valence-electron chi connectivity index (χ1n) is 8.86. The van der Waals surface area contributed by atoms with Gasteiger partial charge in [-0.25, -0.2) is 0 Å². The van der Waals surface area contributed by atoms with Crippen LogP contribution in [0, 0.1) is 0 Å². The van der Waals surface area contributed by atoms with Gasteiger partial charge in [0.2, 0.25) is 0 Å². The van der Waals surface area contributed by atoms with Crippen LogP contribution in [0.2, 0.25) is 0 Å². The molecular formula is C18H28BrIN4O.